The van der Waals surface area contributed by atoms with Gasteiger partial charge in [0.25, 0.3) is 0 Å². The van der Waals surface area contributed by atoms with Gasteiger partial charge >= 0.3 is 0 Å². The maximum absolute atomic E-state index is 13.3. The van der Waals surface area contributed by atoms with Crippen LogP contribution in [-0.4, -0.2) is 0 Å². The molecule has 2 aromatic carbocycles. The monoisotopic (exact) mass is 452 g/mol. The molecule has 0 N–H and O–H groups in total. The summed E-state index contributed by atoms with van der Waals surface area (Å²) in [5.74, 6) is -1.08. The largest absolute Gasteiger partial charge is 0.358 e. The van der Waals surface area contributed by atoms with Crippen molar-refractivity contribution in [1.82, 2.24) is 0 Å². The van der Waals surface area contributed by atoms with Crippen LogP contribution in [0.4, 0.5) is 8.78 Å². The van der Waals surface area contributed by atoms with Crippen molar-refractivity contribution in [2.45, 2.75) is 13.3 Å². The molecule has 0 bridgehead atoms. The first-order valence-corrected chi connectivity index (χ1v) is 5.89. The van der Waals surface area contributed by atoms with Gasteiger partial charge < -0.3 is 14.9 Å². The molecule has 0 atom stereocenters. The van der Waals surface area contributed by atoms with Crippen molar-refractivity contribution in [3.63, 3.8) is 0 Å². The fraction of sp³-hybridized carbons (Fsp3) is 0.111. The molecule has 110 valence electrons. The van der Waals surface area contributed by atoms with E-state index in [2.05, 4.69) is 19.1 Å². The molecule has 1 aliphatic rings. The van der Waals surface area contributed by atoms with E-state index in [1.807, 2.05) is 12.1 Å². The molecule has 0 aromatic heterocycles. The Labute approximate surface area is 144 Å². The summed E-state index contributed by atoms with van der Waals surface area (Å²) in [5.41, 5.74) is 5.06. The minimum absolute atomic E-state index is 0. The average Bonchev–Trinajstić information content (AvgIpc) is 2.67. The van der Waals surface area contributed by atoms with Crippen LogP contribution in [0.25, 0.3) is 17.2 Å². The minimum Gasteiger partial charge on any atom is -0.358 e. The van der Waals surface area contributed by atoms with Gasteiger partial charge in [-0.2, -0.15) is 0 Å². The van der Waals surface area contributed by atoms with E-state index >= 15 is 0 Å². The first-order valence-electron chi connectivity index (χ1n) is 5.89. The van der Waals surface area contributed by atoms with Gasteiger partial charge in [-0.15, -0.1) is 0 Å². The zero-order valence-electron chi connectivity index (χ0n) is 12.5. The number of benzene rings is 2. The summed E-state index contributed by atoms with van der Waals surface area (Å²) in [4.78, 5) is 0. The Kier molecular flexibility index (Phi) is 7.38. The molecule has 2 aromatic rings. The maximum atomic E-state index is 13.3. The predicted octanol–water partition coefficient (Wildman–Crippen LogP) is 5.49. The molecule has 0 unspecified atom stereocenters. The van der Waals surface area contributed by atoms with Crippen LogP contribution in [0.5, 0.6) is 0 Å². The second kappa shape index (κ2) is 7.79. The van der Waals surface area contributed by atoms with E-state index in [-0.39, 0.29) is 40.7 Å². The van der Waals surface area contributed by atoms with Crippen LogP contribution in [0.1, 0.15) is 18.1 Å². The number of fused-ring (bicyclic) bond motifs is 1. The van der Waals surface area contributed by atoms with Gasteiger partial charge in [0.05, 0.1) is 0 Å². The predicted molar refractivity (Wildman–Crippen MR) is 82.0 cm³/mol. The number of hydrogen-bond acceptors (Lipinski definition) is 0. The summed E-state index contributed by atoms with van der Waals surface area (Å²) in [6.07, 6.45) is 3.01. The molecule has 0 saturated carbocycles. The van der Waals surface area contributed by atoms with Crippen molar-refractivity contribution in [2.75, 3.05) is 0 Å². The Morgan fingerprint density at radius 3 is 2.19 bits per heavy atom. The smallest absolute Gasteiger partial charge is 0.126 e. The van der Waals surface area contributed by atoms with Gasteiger partial charge in [0.15, 0.2) is 0 Å². The Morgan fingerprint density at radius 2 is 1.57 bits per heavy atom. The van der Waals surface area contributed by atoms with Gasteiger partial charge in [-0.1, -0.05) is 29.8 Å². The number of hydrogen-bond donors (Lipinski definition) is 0. The van der Waals surface area contributed by atoms with Crippen molar-refractivity contribution >= 4 is 6.08 Å². The third kappa shape index (κ3) is 3.97. The Bertz CT molecular complexity index is 640. The number of halogens is 2. The molecule has 0 amide bonds. The van der Waals surface area contributed by atoms with Crippen molar-refractivity contribution in [2.24, 2.45) is 0 Å². The Balaban J connectivity index is 0.00000133. The molecule has 21 heavy (non-hydrogen) atoms. The molecule has 3 heteroatoms. The van der Waals surface area contributed by atoms with E-state index in [1.165, 1.54) is 23.3 Å². The summed E-state index contributed by atoms with van der Waals surface area (Å²) < 4.78 is 26.6. The molecular weight excluding hydrogens is 433 g/mol. The summed E-state index contributed by atoms with van der Waals surface area (Å²) in [6.45, 7) is 2.07. The molecule has 0 radical (unpaired) electrons. The molecule has 0 fully saturated rings. The summed E-state index contributed by atoms with van der Waals surface area (Å²) in [6, 6.07) is 9.54. The van der Waals surface area contributed by atoms with Gasteiger partial charge in [0.2, 0.25) is 0 Å². The first-order chi connectivity index (χ1) is 8.63. The van der Waals surface area contributed by atoms with E-state index in [0.29, 0.717) is 5.56 Å². The van der Waals surface area contributed by atoms with Crippen molar-refractivity contribution < 1.29 is 34.6 Å². The SMILES string of the molecule is CC1=Cc2c(cccc2-c2cc(F)cc(F)c2)C1.[CH3-].[CH3-].[Hf]. The minimum atomic E-state index is -0.540. The zero-order chi connectivity index (χ0) is 12.7. The van der Waals surface area contributed by atoms with Gasteiger partial charge in [-0.3, -0.25) is 0 Å². The van der Waals surface area contributed by atoms with Crippen LogP contribution in [0.2, 0.25) is 0 Å². The average molecular weight is 451 g/mol. The van der Waals surface area contributed by atoms with Crippen molar-refractivity contribution in [3.05, 3.63) is 79.6 Å². The van der Waals surface area contributed by atoms with Crippen LogP contribution in [-0.2, 0) is 32.3 Å². The van der Waals surface area contributed by atoms with E-state index < -0.39 is 11.6 Å². The van der Waals surface area contributed by atoms with Crippen LogP contribution in [0.15, 0.2) is 42.0 Å². The van der Waals surface area contributed by atoms with E-state index in [0.717, 1.165) is 23.6 Å². The van der Waals surface area contributed by atoms with Gasteiger partial charge in [0.1, 0.15) is 11.6 Å². The summed E-state index contributed by atoms with van der Waals surface area (Å²) >= 11 is 0. The van der Waals surface area contributed by atoms with Crippen LogP contribution >= 0.6 is 0 Å². The van der Waals surface area contributed by atoms with Crippen LogP contribution in [0, 0.1) is 26.5 Å². The molecule has 0 nitrogen and oxygen atoms in total. The quantitative estimate of drug-likeness (QED) is 0.398. The maximum Gasteiger partial charge on any atom is 0.126 e. The standard InChI is InChI=1S/C16H12F2.2CH3.Hf/c1-10-5-11-3-2-4-15(16(11)6-10)12-7-13(17)9-14(18)8-12;;;/h2-4,6-9H,5H2,1H3;2*1H3;/q;2*-1;. The van der Waals surface area contributed by atoms with Crippen molar-refractivity contribution in [1.29, 1.82) is 0 Å². The number of allylic oxidation sites excluding steroid dienone is 1. The Hall–Kier alpha value is -1.09. The van der Waals surface area contributed by atoms with Gasteiger partial charge in [0, 0.05) is 31.9 Å². The molecule has 1 aliphatic carbocycles. The molecule has 0 aliphatic heterocycles. The van der Waals surface area contributed by atoms with E-state index in [4.69, 9.17) is 0 Å². The fourth-order valence-corrected chi connectivity index (χ4v) is 2.50. The first kappa shape index (κ1) is 19.9. The summed E-state index contributed by atoms with van der Waals surface area (Å²) in [5, 5.41) is 0. The Morgan fingerprint density at radius 1 is 0.952 bits per heavy atom. The van der Waals surface area contributed by atoms with E-state index in [1.54, 1.807) is 0 Å². The fourth-order valence-electron chi connectivity index (χ4n) is 2.50. The van der Waals surface area contributed by atoms with Gasteiger partial charge in [-0.05, 0) is 47.7 Å². The van der Waals surface area contributed by atoms with Crippen molar-refractivity contribution in [3.8, 4) is 11.1 Å². The number of rotatable bonds is 1. The van der Waals surface area contributed by atoms with E-state index in [9.17, 15) is 8.78 Å². The van der Waals surface area contributed by atoms with Crippen LogP contribution in [0.3, 0.4) is 0 Å². The van der Waals surface area contributed by atoms with Crippen LogP contribution < -0.4 is 0 Å². The molecule has 0 heterocycles. The molecular formula is C18H18F2Hf-2. The normalized spacial score (nSPS) is 11.5. The second-order valence-corrected chi connectivity index (χ2v) is 4.70. The third-order valence-electron chi connectivity index (χ3n) is 3.23. The summed E-state index contributed by atoms with van der Waals surface area (Å²) in [7, 11) is 0. The third-order valence-corrected chi connectivity index (χ3v) is 3.23. The molecule has 0 saturated heterocycles. The second-order valence-electron chi connectivity index (χ2n) is 4.70. The van der Waals surface area contributed by atoms with Gasteiger partial charge in [-0.25, -0.2) is 8.78 Å². The topological polar surface area (TPSA) is 0 Å². The molecule has 0 spiro atoms. The molecule has 3 rings (SSSR count). The zero-order valence-corrected chi connectivity index (χ0v) is 16.1.